The van der Waals surface area contributed by atoms with Crippen LogP contribution >= 0.6 is 0 Å². The van der Waals surface area contributed by atoms with Gasteiger partial charge in [-0.3, -0.25) is 4.90 Å². The third-order valence-electron chi connectivity index (χ3n) is 3.28. The van der Waals surface area contributed by atoms with Gasteiger partial charge >= 0.3 is 5.97 Å². The molecular formula is C13H14N4O3. The third-order valence-corrected chi connectivity index (χ3v) is 3.28. The number of aromatic carboxylic acids is 1. The summed E-state index contributed by atoms with van der Waals surface area (Å²) in [5.74, 6) is -0.144. The summed E-state index contributed by atoms with van der Waals surface area (Å²) in [6.45, 7) is 2.10. The van der Waals surface area contributed by atoms with E-state index in [9.17, 15) is 4.79 Å². The SMILES string of the molecule is Nc1ncc2c(n1)CCN(Cc1ccc(C(=O)O)o1)C2. The van der Waals surface area contributed by atoms with Gasteiger partial charge < -0.3 is 15.3 Å². The lowest BCUT2D eigenvalue weighted by Crippen LogP contribution is -2.30. The first kappa shape index (κ1) is 12.6. The second-order valence-corrected chi connectivity index (χ2v) is 4.73. The van der Waals surface area contributed by atoms with Crippen molar-refractivity contribution in [2.75, 3.05) is 12.3 Å². The Morgan fingerprint density at radius 2 is 2.35 bits per heavy atom. The van der Waals surface area contributed by atoms with Crippen molar-refractivity contribution in [2.45, 2.75) is 19.5 Å². The van der Waals surface area contributed by atoms with Gasteiger partial charge in [-0.05, 0) is 12.1 Å². The molecule has 0 unspecified atom stereocenters. The van der Waals surface area contributed by atoms with Crippen molar-refractivity contribution < 1.29 is 14.3 Å². The van der Waals surface area contributed by atoms with E-state index in [-0.39, 0.29) is 5.76 Å². The maximum Gasteiger partial charge on any atom is 0.371 e. The average molecular weight is 274 g/mol. The van der Waals surface area contributed by atoms with E-state index in [0.717, 1.165) is 24.2 Å². The lowest BCUT2D eigenvalue weighted by atomic mass is 10.1. The summed E-state index contributed by atoms with van der Waals surface area (Å²) in [6.07, 6.45) is 2.54. The molecule has 1 aliphatic rings. The number of anilines is 1. The van der Waals surface area contributed by atoms with E-state index >= 15 is 0 Å². The van der Waals surface area contributed by atoms with Gasteiger partial charge in [0, 0.05) is 31.3 Å². The van der Waals surface area contributed by atoms with E-state index < -0.39 is 5.97 Å². The highest BCUT2D eigenvalue weighted by molar-refractivity contribution is 5.84. The summed E-state index contributed by atoms with van der Waals surface area (Å²) < 4.78 is 5.26. The molecule has 2 aromatic rings. The van der Waals surface area contributed by atoms with Crippen LogP contribution in [-0.4, -0.2) is 32.5 Å². The molecule has 0 saturated heterocycles. The number of carbonyl (C=O) groups is 1. The zero-order chi connectivity index (χ0) is 14.1. The summed E-state index contributed by atoms with van der Waals surface area (Å²) in [5, 5.41) is 8.82. The van der Waals surface area contributed by atoms with E-state index in [1.54, 1.807) is 12.3 Å². The van der Waals surface area contributed by atoms with Gasteiger partial charge in [0.2, 0.25) is 11.7 Å². The Balaban J connectivity index is 1.70. The van der Waals surface area contributed by atoms with Crippen LogP contribution in [0.25, 0.3) is 0 Å². The van der Waals surface area contributed by atoms with Crippen LogP contribution in [0.5, 0.6) is 0 Å². The van der Waals surface area contributed by atoms with E-state index in [1.807, 2.05) is 0 Å². The van der Waals surface area contributed by atoms with Crippen LogP contribution in [0, 0.1) is 0 Å². The van der Waals surface area contributed by atoms with Crippen molar-refractivity contribution in [2.24, 2.45) is 0 Å². The molecule has 0 radical (unpaired) electrons. The lowest BCUT2D eigenvalue weighted by Gasteiger charge is -2.26. The number of carboxylic acids is 1. The summed E-state index contributed by atoms with van der Waals surface area (Å²) in [6, 6.07) is 3.16. The van der Waals surface area contributed by atoms with Crippen molar-refractivity contribution in [3.05, 3.63) is 41.1 Å². The molecule has 3 rings (SSSR count). The minimum Gasteiger partial charge on any atom is -0.475 e. The monoisotopic (exact) mass is 274 g/mol. The van der Waals surface area contributed by atoms with Gasteiger partial charge in [0.1, 0.15) is 5.76 Å². The lowest BCUT2D eigenvalue weighted by molar-refractivity contribution is 0.0658. The summed E-state index contributed by atoms with van der Waals surface area (Å²) in [4.78, 5) is 21.1. The molecule has 3 N–H and O–H groups in total. The number of hydrogen-bond donors (Lipinski definition) is 2. The summed E-state index contributed by atoms with van der Waals surface area (Å²) >= 11 is 0. The summed E-state index contributed by atoms with van der Waals surface area (Å²) in [5.41, 5.74) is 7.60. The number of rotatable bonds is 3. The normalized spacial score (nSPS) is 15.0. The molecule has 0 aromatic carbocycles. The van der Waals surface area contributed by atoms with Crippen molar-refractivity contribution >= 4 is 11.9 Å². The fraction of sp³-hybridized carbons (Fsp3) is 0.308. The zero-order valence-corrected chi connectivity index (χ0v) is 10.7. The van der Waals surface area contributed by atoms with Gasteiger partial charge in [0.05, 0.1) is 12.2 Å². The summed E-state index contributed by atoms with van der Waals surface area (Å²) in [7, 11) is 0. The Morgan fingerprint density at radius 3 is 3.10 bits per heavy atom. The Hall–Kier alpha value is -2.41. The van der Waals surface area contributed by atoms with Gasteiger partial charge in [-0.15, -0.1) is 0 Å². The fourth-order valence-electron chi connectivity index (χ4n) is 2.32. The maximum absolute atomic E-state index is 10.8. The first-order valence-corrected chi connectivity index (χ1v) is 6.26. The smallest absolute Gasteiger partial charge is 0.371 e. The topological polar surface area (TPSA) is 105 Å². The molecule has 20 heavy (non-hydrogen) atoms. The number of fused-ring (bicyclic) bond motifs is 1. The van der Waals surface area contributed by atoms with Crippen LogP contribution in [0.1, 0.15) is 27.6 Å². The predicted octanol–water partition coefficient (Wildman–Crippen LogP) is 0.908. The molecule has 0 amide bonds. The quantitative estimate of drug-likeness (QED) is 0.856. The van der Waals surface area contributed by atoms with Gasteiger partial charge in [-0.2, -0.15) is 0 Å². The van der Waals surface area contributed by atoms with Gasteiger partial charge in [0.15, 0.2) is 0 Å². The highest BCUT2D eigenvalue weighted by Crippen LogP contribution is 2.19. The van der Waals surface area contributed by atoms with Gasteiger partial charge in [0.25, 0.3) is 0 Å². The Kier molecular flexibility index (Phi) is 3.11. The van der Waals surface area contributed by atoms with Crippen LogP contribution in [0.4, 0.5) is 5.95 Å². The largest absolute Gasteiger partial charge is 0.475 e. The number of nitrogens with zero attached hydrogens (tertiary/aromatic N) is 3. The molecular weight excluding hydrogens is 260 g/mol. The van der Waals surface area contributed by atoms with Crippen LogP contribution in [0.15, 0.2) is 22.7 Å². The molecule has 0 bridgehead atoms. The number of nitrogen functional groups attached to an aromatic ring is 1. The Labute approximate surface area is 115 Å². The first-order valence-electron chi connectivity index (χ1n) is 6.26. The molecule has 1 aliphatic heterocycles. The minimum atomic E-state index is -1.05. The van der Waals surface area contributed by atoms with E-state index in [0.29, 0.717) is 24.8 Å². The molecule has 7 nitrogen and oxygen atoms in total. The van der Waals surface area contributed by atoms with Gasteiger partial charge in [-0.1, -0.05) is 0 Å². The van der Waals surface area contributed by atoms with Crippen LogP contribution in [0.2, 0.25) is 0 Å². The Bertz CT molecular complexity index is 653. The zero-order valence-electron chi connectivity index (χ0n) is 10.7. The van der Waals surface area contributed by atoms with Crippen molar-refractivity contribution in [3.8, 4) is 0 Å². The predicted molar refractivity (Wildman–Crippen MR) is 69.9 cm³/mol. The molecule has 2 aromatic heterocycles. The molecule has 104 valence electrons. The van der Waals surface area contributed by atoms with Gasteiger partial charge in [-0.25, -0.2) is 14.8 Å². The number of furan rings is 1. The highest BCUT2D eigenvalue weighted by Gasteiger charge is 2.19. The van der Waals surface area contributed by atoms with E-state index in [4.69, 9.17) is 15.3 Å². The van der Waals surface area contributed by atoms with Crippen molar-refractivity contribution in [3.63, 3.8) is 0 Å². The second-order valence-electron chi connectivity index (χ2n) is 4.73. The first-order chi connectivity index (χ1) is 9.61. The van der Waals surface area contributed by atoms with Crippen molar-refractivity contribution in [1.82, 2.24) is 14.9 Å². The average Bonchev–Trinajstić information content (AvgIpc) is 2.88. The Morgan fingerprint density at radius 1 is 1.50 bits per heavy atom. The standard InChI is InChI=1S/C13H14N4O3/c14-13-15-5-8-6-17(4-3-10(8)16-13)7-9-1-2-11(20-9)12(18)19/h1-2,5H,3-4,6-7H2,(H,18,19)(H2,14,15,16). The molecule has 0 atom stereocenters. The number of hydrogen-bond acceptors (Lipinski definition) is 6. The minimum absolute atomic E-state index is 0.0338. The molecule has 3 heterocycles. The highest BCUT2D eigenvalue weighted by atomic mass is 16.4. The molecule has 0 fully saturated rings. The number of nitrogens with two attached hydrogens (primary N) is 1. The number of aromatic nitrogens is 2. The van der Waals surface area contributed by atoms with Crippen molar-refractivity contribution in [1.29, 1.82) is 0 Å². The maximum atomic E-state index is 10.8. The molecule has 0 aliphatic carbocycles. The van der Waals surface area contributed by atoms with E-state index in [1.165, 1.54) is 6.07 Å². The molecule has 0 saturated carbocycles. The van der Waals surface area contributed by atoms with E-state index in [2.05, 4.69) is 14.9 Å². The molecule has 0 spiro atoms. The number of carboxylic acid groups (broad SMARTS) is 1. The fourth-order valence-corrected chi connectivity index (χ4v) is 2.32. The van der Waals surface area contributed by atoms with Crippen LogP contribution in [0.3, 0.4) is 0 Å². The second kappa shape index (κ2) is 4.93. The van der Waals surface area contributed by atoms with Crippen LogP contribution in [-0.2, 0) is 19.5 Å². The molecule has 7 heteroatoms. The third kappa shape index (κ3) is 2.48. The van der Waals surface area contributed by atoms with Crippen LogP contribution < -0.4 is 5.73 Å².